The maximum atomic E-state index is 4.34. The Labute approximate surface area is 74.7 Å². The van der Waals surface area contributed by atoms with Gasteiger partial charge in [0.05, 0.1) is 5.01 Å². The number of rotatable bonds is 1. The smallest absolute Gasteiger partial charge is 0.112 e. The van der Waals surface area contributed by atoms with Crippen molar-refractivity contribution in [2.24, 2.45) is 7.05 Å². The maximum absolute atomic E-state index is 4.34. The molecule has 0 bridgehead atoms. The zero-order valence-corrected chi connectivity index (χ0v) is 7.80. The van der Waals surface area contributed by atoms with Gasteiger partial charge in [-0.1, -0.05) is 0 Å². The highest BCUT2D eigenvalue weighted by molar-refractivity contribution is 7.09. The van der Waals surface area contributed by atoms with Crippen LogP contribution in [-0.4, -0.2) is 14.8 Å². The highest BCUT2D eigenvalue weighted by Crippen LogP contribution is 2.18. The van der Waals surface area contributed by atoms with Crippen molar-refractivity contribution in [2.75, 3.05) is 0 Å². The van der Waals surface area contributed by atoms with Gasteiger partial charge in [-0.05, 0) is 13.0 Å². The standard InChI is InChI=1S/C8H9N3S/c1-6-9-8(5-12-6)7-3-4-11(2)10-7/h3-5H,1-2H3. The van der Waals surface area contributed by atoms with Gasteiger partial charge in [-0.25, -0.2) is 4.98 Å². The summed E-state index contributed by atoms with van der Waals surface area (Å²) in [6, 6.07) is 1.97. The zero-order valence-electron chi connectivity index (χ0n) is 6.98. The summed E-state index contributed by atoms with van der Waals surface area (Å²) in [6.07, 6.45) is 1.92. The molecule has 0 amide bonds. The summed E-state index contributed by atoms with van der Waals surface area (Å²) in [5.41, 5.74) is 1.92. The summed E-state index contributed by atoms with van der Waals surface area (Å²) in [5.74, 6) is 0. The molecule has 4 heteroatoms. The average Bonchev–Trinajstić information content (AvgIpc) is 2.58. The maximum Gasteiger partial charge on any atom is 0.112 e. The molecule has 0 radical (unpaired) electrons. The largest absolute Gasteiger partial charge is 0.275 e. The van der Waals surface area contributed by atoms with Gasteiger partial charge in [0.15, 0.2) is 0 Å². The normalized spacial score (nSPS) is 10.5. The molecule has 62 valence electrons. The SMILES string of the molecule is Cc1nc(-c2ccn(C)n2)cs1. The van der Waals surface area contributed by atoms with E-state index in [2.05, 4.69) is 10.1 Å². The van der Waals surface area contributed by atoms with E-state index in [1.165, 1.54) is 0 Å². The van der Waals surface area contributed by atoms with E-state index in [9.17, 15) is 0 Å². The van der Waals surface area contributed by atoms with Crippen molar-refractivity contribution in [1.82, 2.24) is 14.8 Å². The van der Waals surface area contributed by atoms with Gasteiger partial charge in [-0.15, -0.1) is 11.3 Å². The quantitative estimate of drug-likeness (QED) is 0.669. The van der Waals surface area contributed by atoms with Crippen LogP contribution in [0.25, 0.3) is 11.4 Å². The van der Waals surface area contributed by atoms with Crippen LogP contribution in [0.1, 0.15) is 5.01 Å². The molecule has 0 aliphatic heterocycles. The molecule has 0 atom stereocenters. The zero-order chi connectivity index (χ0) is 8.55. The number of hydrogen-bond acceptors (Lipinski definition) is 3. The van der Waals surface area contributed by atoms with Crippen molar-refractivity contribution < 1.29 is 0 Å². The summed E-state index contributed by atoms with van der Waals surface area (Å²) in [7, 11) is 1.91. The molecular weight excluding hydrogens is 170 g/mol. The van der Waals surface area contributed by atoms with Gasteiger partial charge in [0.1, 0.15) is 11.4 Å². The van der Waals surface area contributed by atoms with Crippen LogP contribution in [0.15, 0.2) is 17.6 Å². The highest BCUT2D eigenvalue weighted by Gasteiger charge is 2.03. The summed E-state index contributed by atoms with van der Waals surface area (Å²) >= 11 is 1.65. The minimum Gasteiger partial charge on any atom is -0.275 e. The van der Waals surface area contributed by atoms with E-state index in [0.29, 0.717) is 0 Å². The van der Waals surface area contributed by atoms with Crippen LogP contribution in [-0.2, 0) is 7.05 Å². The van der Waals surface area contributed by atoms with Gasteiger partial charge in [0.25, 0.3) is 0 Å². The van der Waals surface area contributed by atoms with Gasteiger partial charge in [-0.2, -0.15) is 5.10 Å². The number of nitrogens with zero attached hydrogens (tertiary/aromatic N) is 3. The molecule has 3 nitrogen and oxygen atoms in total. The summed E-state index contributed by atoms with van der Waals surface area (Å²) < 4.78 is 1.78. The Morgan fingerprint density at radius 1 is 1.42 bits per heavy atom. The molecule has 2 rings (SSSR count). The molecule has 12 heavy (non-hydrogen) atoms. The van der Waals surface area contributed by atoms with E-state index >= 15 is 0 Å². The molecule has 0 N–H and O–H groups in total. The van der Waals surface area contributed by atoms with Crippen molar-refractivity contribution in [1.29, 1.82) is 0 Å². The fourth-order valence-electron chi connectivity index (χ4n) is 1.03. The van der Waals surface area contributed by atoms with Crippen molar-refractivity contribution >= 4 is 11.3 Å². The second-order valence-electron chi connectivity index (χ2n) is 2.63. The molecule has 0 aliphatic rings. The molecule has 0 aromatic carbocycles. The van der Waals surface area contributed by atoms with Crippen LogP contribution < -0.4 is 0 Å². The minimum atomic E-state index is 0.946. The molecule has 2 aromatic rings. The van der Waals surface area contributed by atoms with Crippen molar-refractivity contribution in [3.05, 3.63) is 22.7 Å². The van der Waals surface area contributed by atoms with E-state index < -0.39 is 0 Å². The van der Waals surface area contributed by atoms with Gasteiger partial charge in [0, 0.05) is 18.6 Å². The predicted molar refractivity (Wildman–Crippen MR) is 49.1 cm³/mol. The number of hydrogen-bond donors (Lipinski definition) is 0. The van der Waals surface area contributed by atoms with Crippen LogP contribution in [0.3, 0.4) is 0 Å². The summed E-state index contributed by atoms with van der Waals surface area (Å²) in [6.45, 7) is 2.00. The Morgan fingerprint density at radius 3 is 2.75 bits per heavy atom. The lowest BCUT2D eigenvalue weighted by atomic mass is 10.3. The highest BCUT2D eigenvalue weighted by atomic mass is 32.1. The Bertz CT molecular complexity index is 350. The van der Waals surface area contributed by atoms with Crippen molar-refractivity contribution in [3.8, 4) is 11.4 Å². The second kappa shape index (κ2) is 2.71. The molecule has 0 aliphatic carbocycles. The lowest BCUT2D eigenvalue weighted by Crippen LogP contribution is -1.87. The van der Waals surface area contributed by atoms with Crippen LogP contribution >= 0.6 is 11.3 Å². The van der Waals surface area contributed by atoms with Crippen LogP contribution in [0.5, 0.6) is 0 Å². The minimum absolute atomic E-state index is 0.946. The van der Waals surface area contributed by atoms with Crippen molar-refractivity contribution in [2.45, 2.75) is 6.92 Å². The van der Waals surface area contributed by atoms with E-state index in [1.54, 1.807) is 16.0 Å². The Balaban J connectivity index is 2.43. The van der Waals surface area contributed by atoms with Gasteiger partial charge >= 0.3 is 0 Å². The molecule has 0 saturated carbocycles. The second-order valence-corrected chi connectivity index (χ2v) is 3.69. The van der Waals surface area contributed by atoms with E-state index in [-0.39, 0.29) is 0 Å². The lowest BCUT2D eigenvalue weighted by Gasteiger charge is -1.86. The Kier molecular flexibility index (Phi) is 1.69. The first-order valence-electron chi connectivity index (χ1n) is 3.68. The molecular formula is C8H9N3S. The molecule has 2 aromatic heterocycles. The van der Waals surface area contributed by atoms with E-state index in [0.717, 1.165) is 16.4 Å². The predicted octanol–water partition coefficient (Wildman–Crippen LogP) is 1.85. The van der Waals surface area contributed by atoms with E-state index in [4.69, 9.17) is 0 Å². The monoisotopic (exact) mass is 179 g/mol. The first-order chi connectivity index (χ1) is 5.75. The van der Waals surface area contributed by atoms with Gasteiger partial charge in [0.2, 0.25) is 0 Å². The third-order valence-electron chi connectivity index (χ3n) is 1.60. The lowest BCUT2D eigenvalue weighted by molar-refractivity contribution is 0.770. The topological polar surface area (TPSA) is 30.7 Å². The molecule has 0 saturated heterocycles. The first kappa shape index (κ1) is 7.49. The molecule has 0 unspecified atom stereocenters. The first-order valence-corrected chi connectivity index (χ1v) is 4.56. The van der Waals surface area contributed by atoms with Gasteiger partial charge in [-0.3, -0.25) is 4.68 Å². The van der Waals surface area contributed by atoms with Crippen molar-refractivity contribution in [3.63, 3.8) is 0 Å². The van der Waals surface area contributed by atoms with E-state index in [1.807, 2.05) is 31.6 Å². The fraction of sp³-hybridized carbons (Fsp3) is 0.250. The molecule has 2 heterocycles. The number of aryl methyl sites for hydroxylation is 2. The van der Waals surface area contributed by atoms with Crippen LogP contribution in [0.4, 0.5) is 0 Å². The Morgan fingerprint density at radius 2 is 2.25 bits per heavy atom. The molecule has 0 spiro atoms. The third kappa shape index (κ3) is 1.25. The third-order valence-corrected chi connectivity index (χ3v) is 2.37. The number of aromatic nitrogens is 3. The van der Waals surface area contributed by atoms with Crippen LogP contribution in [0, 0.1) is 6.92 Å². The molecule has 0 fully saturated rings. The van der Waals surface area contributed by atoms with Crippen LogP contribution in [0.2, 0.25) is 0 Å². The Hall–Kier alpha value is -1.16. The average molecular weight is 179 g/mol. The summed E-state index contributed by atoms with van der Waals surface area (Å²) in [4.78, 5) is 4.34. The fourth-order valence-corrected chi connectivity index (χ4v) is 1.64. The van der Waals surface area contributed by atoms with Gasteiger partial charge < -0.3 is 0 Å². The summed E-state index contributed by atoms with van der Waals surface area (Å²) in [5, 5.41) is 7.36. The number of thiazole rings is 1.